The number of nitrogens with one attached hydrogen (secondary N) is 1. The zero-order chi connectivity index (χ0) is 10.1. The summed E-state index contributed by atoms with van der Waals surface area (Å²) < 4.78 is 0. The highest BCUT2D eigenvalue weighted by atomic mass is 14.9. The van der Waals surface area contributed by atoms with E-state index >= 15 is 0 Å². The predicted molar refractivity (Wildman–Crippen MR) is 64.8 cm³/mol. The van der Waals surface area contributed by atoms with Gasteiger partial charge in [0.1, 0.15) is 0 Å². The van der Waals surface area contributed by atoms with Crippen molar-refractivity contribution in [3.8, 4) is 0 Å². The standard InChI is InChI=1S/C14H17N/c1-3-7-13-11(5-1)9-10-12-6-2-4-8-14(12)15-13/h1,3,5,7,9-10,12,14-15H,2,4,6,8H2. The van der Waals surface area contributed by atoms with Gasteiger partial charge in [-0.1, -0.05) is 43.2 Å². The molecule has 2 aliphatic rings. The third-order valence-corrected chi connectivity index (χ3v) is 3.64. The summed E-state index contributed by atoms with van der Waals surface area (Å²) >= 11 is 0. The Bertz CT molecular complexity index is 381. The van der Waals surface area contributed by atoms with Gasteiger partial charge in [-0.15, -0.1) is 0 Å². The number of anilines is 1. The first-order valence-electron chi connectivity index (χ1n) is 5.97. The Balaban J connectivity index is 1.95. The Morgan fingerprint density at radius 1 is 1.07 bits per heavy atom. The van der Waals surface area contributed by atoms with Crippen molar-refractivity contribution >= 4 is 11.8 Å². The van der Waals surface area contributed by atoms with Crippen LogP contribution in [-0.4, -0.2) is 6.04 Å². The molecule has 1 heteroatoms. The summed E-state index contributed by atoms with van der Waals surface area (Å²) in [5, 5.41) is 3.70. The van der Waals surface area contributed by atoms with Crippen LogP contribution >= 0.6 is 0 Å². The van der Waals surface area contributed by atoms with Gasteiger partial charge in [0.2, 0.25) is 0 Å². The van der Waals surface area contributed by atoms with E-state index in [1.54, 1.807) is 0 Å². The number of hydrogen-bond acceptors (Lipinski definition) is 1. The van der Waals surface area contributed by atoms with Crippen LogP contribution in [0.4, 0.5) is 5.69 Å². The van der Waals surface area contributed by atoms with Gasteiger partial charge in [0, 0.05) is 11.7 Å². The van der Waals surface area contributed by atoms with Gasteiger partial charge in [-0.05, 0) is 30.4 Å². The average Bonchev–Trinajstić information content (AvgIpc) is 2.48. The lowest BCUT2D eigenvalue weighted by Crippen LogP contribution is -2.30. The maximum atomic E-state index is 3.70. The van der Waals surface area contributed by atoms with Crippen molar-refractivity contribution in [3.05, 3.63) is 35.9 Å². The number of rotatable bonds is 0. The summed E-state index contributed by atoms with van der Waals surface area (Å²) in [6.45, 7) is 0. The Kier molecular flexibility index (Phi) is 2.24. The molecule has 0 amide bonds. The second-order valence-corrected chi connectivity index (χ2v) is 4.65. The van der Waals surface area contributed by atoms with Crippen LogP contribution in [0.5, 0.6) is 0 Å². The quantitative estimate of drug-likeness (QED) is 0.672. The van der Waals surface area contributed by atoms with Gasteiger partial charge in [0.15, 0.2) is 0 Å². The molecular weight excluding hydrogens is 182 g/mol. The fourth-order valence-electron chi connectivity index (χ4n) is 2.77. The first kappa shape index (κ1) is 9.02. The minimum absolute atomic E-state index is 0.665. The van der Waals surface area contributed by atoms with E-state index in [1.165, 1.54) is 36.9 Å². The highest BCUT2D eigenvalue weighted by molar-refractivity contribution is 5.68. The van der Waals surface area contributed by atoms with Crippen molar-refractivity contribution in [1.82, 2.24) is 0 Å². The Morgan fingerprint density at radius 3 is 2.93 bits per heavy atom. The fraction of sp³-hybridized carbons (Fsp3) is 0.429. The molecule has 1 saturated carbocycles. The predicted octanol–water partition coefficient (Wildman–Crippen LogP) is 3.68. The molecule has 2 atom stereocenters. The van der Waals surface area contributed by atoms with Crippen molar-refractivity contribution < 1.29 is 0 Å². The highest BCUT2D eigenvalue weighted by Gasteiger charge is 2.24. The summed E-state index contributed by atoms with van der Waals surface area (Å²) in [5.41, 5.74) is 2.65. The van der Waals surface area contributed by atoms with Crippen LogP contribution in [0.15, 0.2) is 30.3 Å². The largest absolute Gasteiger partial charge is 0.381 e. The molecular formula is C14H17N. The Labute approximate surface area is 91.2 Å². The molecule has 78 valence electrons. The lowest BCUT2D eigenvalue weighted by molar-refractivity contribution is 0.383. The average molecular weight is 199 g/mol. The lowest BCUT2D eigenvalue weighted by Gasteiger charge is -2.29. The molecule has 1 nitrogen and oxygen atoms in total. The normalized spacial score (nSPS) is 28.5. The minimum atomic E-state index is 0.665. The molecule has 0 bridgehead atoms. The maximum Gasteiger partial charge on any atom is 0.0416 e. The van der Waals surface area contributed by atoms with Gasteiger partial charge >= 0.3 is 0 Å². The van der Waals surface area contributed by atoms with Crippen molar-refractivity contribution in [3.63, 3.8) is 0 Å². The molecule has 1 aromatic rings. The summed E-state index contributed by atoms with van der Waals surface area (Å²) in [7, 11) is 0. The summed E-state index contributed by atoms with van der Waals surface area (Å²) in [6, 6.07) is 9.27. The SMILES string of the molecule is C1=CC2CCCCC2Nc2ccccc21. The molecule has 2 unspecified atom stereocenters. The van der Waals surface area contributed by atoms with E-state index in [2.05, 4.69) is 41.7 Å². The van der Waals surface area contributed by atoms with Crippen LogP contribution in [-0.2, 0) is 0 Å². The molecule has 1 aliphatic carbocycles. The third kappa shape index (κ3) is 1.67. The van der Waals surface area contributed by atoms with Gasteiger partial charge in [0.25, 0.3) is 0 Å². The van der Waals surface area contributed by atoms with E-state index in [9.17, 15) is 0 Å². The third-order valence-electron chi connectivity index (χ3n) is 3.64. The molecule has 0 saturated heterocycles. The minimum Gasteiger partial charge on any atom is -0.381 e. The van der Waals surface area contributed by atoms with Crippen molar-refractivity contribution in [1.29, 1.82) is 0 Å². The summed E-state index contributed by atoms with van der Waals surface area (Å²) in [6.07, 6.45) is 10.1. The molecule has 3 rings (SSSR count). The van der Waals surface area contributed by atoms with E-state index in [0.29, 0.717) is 6.04 Å². The molecule has 15 heavy (non-hydrogen) atoms. The lowest BCUT2D eigenvalue weighted by atomic mass is 9.84. The highest BCUT2D eigenvalue weighted by Crippen LogP contribution is 2.32. The second kappa shape index (κ2) is 3.73. The smallest absolute Gasteiger partial charge is 0.0416 e. The number of hydrogen-bond donors (Lipinski definition) is 1. The first-order chi connectivity index (χ1) is 7.43. The van der Waals surface area contributed by atoms with Crippen LogP contribution in [0.2, 0.25) is 0 Å². The molecule has 0 radical (unpaired) electrons. The van der Waals surface area contributed by atoms with E-state index in [-0.39, 0.29) is 0 Å². The molecule has 0 spiro atoms. The number of fused-ring (bicyclic) bond motifs is 2. The number of benzene rings is 1. The first-order valence-corrected chi connectivity index (χ1v) is 5.97. The van der Waals surface area contributed by atoms with Crippen LogP contribution in [0, 0.1) is 5.92 Å². The van der Waals surface area contributed by atoms with Crippen LogP contribution < -0.4 is 5.32 Å². The van der Waals surface area contributed by atoms with Crippen molar-refractivity contribution in [2.24, 2.45) is 5.92 Å². The van der Waals surface area contributed by atoms with Crippen molar-refractivity contribution in [2.45, 2.75) is 31.7 Å². The van der Waals surface area contributed by atoms with Gasteiger partial charge in [-0.3, -0.25) is 0 Å². The summed E-state index contributed by atoms with van der Waals surface area (Å²) in [4.78, 5) is 0. The van der Waals surface area contributed by atoms with E-state index in [4.69, 9.17) is 0 Å². The van der Waals surface area contributed by atoms with E-state index in [1.807, 2.05) is 0 Å². The van der Waals surface area contributed by atoms with Crippen LogP contribution in [0.25, 0.3) is 6.08 Å². The Morgan fingerprint density at radius 2 is 1.93 bits per heavy atom. The topological polar surface area (TPSA) is 12.0 Å². The fourth-order valence-corrected chi connectivity index (χ4v) is 2.77. The maximum absolute atomic E-state index is 3.70. The van der Waals surface area contributed by atoms with E-state index in [0.717, 1.165) is 5.92 Å². The molecule has 1 fully saturated rings. The van der Waals surface area contributed by atoms with Gasteiger partial charge in [0.05, 0.1) is 0 Å². The van der Waals surface area contributed by atoms with Crippen molar-refractivity contribution in [2.75, 3.05) is 5.32 Å². The van der Waals surface area contributed by atoms with Crippen LogP contribution in [0.3, 0.4) is 0 Å². The summed E-state index contributed by atoms with van der Waals surface area (Å²) in [5.74, 6) is 0.742. The van der Waals surface area contributed by atoms with E-state index < -0.39 is 0 Å². The molecule has 1 aliphatic heterocycles. The van der Waals surface area contributed by atoms with Gasteiger partial charge in [-0.25, -0.2) is 0 Å². The zero-order valence-corrected chi connectivity index (χ0v) is 8.95. The van der Waals surface area contributed by atoms with Gasteiger partial charge in [-0.2, -0.15) is 0 Å². The van der Waals surface area contributed by atoms with Crippen LogP contribution in [0.1, 0.15) is 31.2 Å². The number of para-hydroxylation sites is 1. The zero-order valence-electron chi connectivity index (χ0n) is 8.95. The monoisotopic (exact) mass is 199 g/mol. The molecule has 1 N–H and O–H groups in total. The molecule has 1 heterocycles. The molecule has 1 aromatic carbocycles. The molecule has 0 aromatic heterocycles. The second-order valence-electron chi connectivity index (χ2n) is 4.65. The van der Waals surface area contributed by atoms with Gasteiger partial charge < -0.3 is 5.32 Å². The Hall–Kier alpha value is -1.24.